The molecule has 1 N–H and O–H groups in total. The zero-order valence-corrected chi connectivity index (χ0v) is 15.4. The topological polar surface area (TPSA) is 85.2 Å². The molecule has 0 aromatic carbocycles. The average Bonchev–Trinajstić information content (AvgIpc) is 3.13. The molecule has 2 aromatic rings. The van der Waals surface area contributed by atoms with Crippen molar-refractivity contribution in [3.63, 3.8) is 0 Å². The number of methoxy groups -OCH3 is 1. The van der Waals surface area contributed by atoms with E-state index in [1.807, 2.05) is 17.7 Å². The summed E-state index contributed by atoms with van der Waals surface area (Å²) in [5, 5.41) is 10.9. The SMILES string of the molecule is COCCNC(=O)c1cn(C2CCN(Cc3cccc(C)n3)CC2)nn1. The van der Waals surface area contributed by atoms with Gasteiger partial charge in [-0.2, -0.15) is 0 Å². The molecule has 0 aliphatic carbocycles. The van der Waals surface area contributed by atoms with Crippen LogP contribution in [0, 0.1) is 6.92 Å². The second-order valence-corrected chi connectivity index (χ2v) is 6.61. The van der Waals surface area contributed by atoms with Gasteiger partial charge in [-0.25, -0.2) is 4.68 Å². The van der Waals surface area contributed by atoms with E-state index in [2.05, 4.69) is 37.6 Å². The number of aromatic nitrogens is 4. The Morgan fingerprint density at radius 3 is 2.88 bits per heavy atom. The second-order valence-electron chi connectivity index (χ2n) is 6.61. The van der Waals surface area contributed by atoms with Crippen molar-refractivity contribution >= 4 is 5.91 Å². The maximum atomic E-state index is 12.0. The smallest absolute Gasteiger partial charge is 0.273 e. The van der Waals surface area contributed by atoms with Gasteiger partial charge < -0.3 is 10.1 Å². The fourth-order valence-corrected chi connectivity index (χ4v) is 3.18. The highest BCUT2D eigenvalue weighted by atomic mass is 16.5. The van der Waals surface area contributed by atoms with Gasteiger partial charge in [-0.05, 0) is 31.9 Å². The van der Waals surface area contributed by atoms with E-state index in [0.717, 1.165) is 43.9 Å². The first kappa shape index (κ1) is 18.5. The van der Waals surface area contributed by atoms with Crippen LogP contribution in [-0.4, -0.2) is 64.1 Å². The summed E-state index contributed by atoms with van der Waals surface area (Å²) in [4.78, 5) is 19.0. The minimum Gasteiger partial charge on any atom is -0.383 e. The van der Waals surface area contributed by atoms with Crippen LogP contribution in [-0.2, 0) is 11.3 Å². The lowest BCUT2D eigenvalue weighted by Crippen LogP contribution is -2.34. The lowest BCUT2D eigenvalue weighted by molar-refractivity contribution is 0.0932. The molecule has 26 heavy (non-hydrogen) atoms. The Morgan fingerprint density at radius 2 is 2.15 bits per heavy atom. The molecule has 140 valence electrons. The average molecular weight is 358 g/mol. The lowest BCUT2D eigenvalue weighted by Gasteiger charge is -2.31. The third-order valence-corrected chi connectivity index (χ3v) is 4.60. The van der Waals surface area contributed by atoms with E-state index in [0.29, 0.717) is 18.8 Å². The molecule has 0 unspecified atom stereocenters. The molecule has 1 saturated heterocycles. The van der Waals surface area contributed by atoms with Crippen molar-refractivity contribution in [3.8, 4) is 0 Å². The number of likely N-dealkylation sites (tertiary alicyclic amines) is 1. The second kappa shape index (κ2) is 8.86. The highest BCUT2D eigenvalue weighted by Gasteiger charge is 2.23. The molecule has 8 nitrogen and oxygen atoms in total. The molecule has 1 aliphatic rings. The van der Waals surface area contributed by atoms with E-state index < -0.39 is 0 Å². The Morgan fingerprint density at radius 1 is 1.35 bits per heavy atom. The number of nitrogens with one attached hydrogen (secondary N) is 1. The summed E-state index contributed by atoms with van der Waals surface area (Å²) in [5.41, 5.74) is 2.52. The molecule has 1 aliphatic heterocycles. The molecular formula is C18H26N6O2. The van der Waals surface area contributed by atoms with Crippen molar-refractivity contribution in [2.45, 2.75) is 32.4 Å². The Balaban J connectivity index is 1.49. The Labute approximate surface area is 153 Å². The van der Waals surface area contributed by atoms with E-state index in [1.165, 1.54) is 0 Å². The predicted molar refractivity (Wildman–Crippen MR) is 96.8 cm³/mol. The number of amides is 1. The zero-order valence-electron chi connectivity index (χ0n) is 15.4. The maximum Gasteiger partial charge on any atom is 0.273 e. The summed E-state index contributed by atoms with van der Waals surface area (Å²) in [5.74, 6) is -0.212. The zero-order chi connectivity index (χ0) is 18.4. The van der Waals surface area contributed by atoms with Gasteiger partial charge in [-0.1, -0.05) is 11.3 Å². The van der Waals surface area contributed by atoms with Crippen LogP contribution in [0.1, 0.15) is 40.8 Å². The fraction of sp³-hybridized carbons (Fsp3) is 0.556. The minimum atomic E-state index is -0.212. The van der Waals surface area contributed by atoms with E-state index in [1.54, 1.807) is 13.3 Å². The first-order valence-corrected chi connectivity index (χ1v) is 8.99. The van der Waals surface area contributed by atoms with Crippen LogP contribution >= 0.6 is 0 Å². The summed E-state index contributed by atoms with van der Waals surface area (Å²) >= 11 is 0. The van der Waals surface area contributed by atoms with Crippen LogP contribution in [0.4, 0.5) is 0 Å². The quantitative estimate of drug-likeness (QED) is 0.749. The molecule has 1 amide bonds. The van der Waals surface area contributed by atoms with E-state index >= 15 is 0 Å². The van der Waals surface area contributed by atoms with Crippen molar-refractivity contribution in [1.82, 2.24) is 30.2 Å². The molecule has 0 bridgehead atoms. The van der Waals surface area contributed by atoms with Gasteiger partial charge in [-0.15, -0.1) is 5.10 Å². The number of hydrogen-bond acceptors (Lipinski definition) is 6. The van der Waals surface area contributed by atoms with Crippen LogP contribution in [0.15, 0.2) is 24.4 Å². The van der Waals surface area contributed by atoms with Crippen LogP contribution in [0.3, 0.4) is 0 Å². The van der Waals surface area contributed by atoms with Gasteiger partial charge in [0.15, 0.2) is 5.69 Å². The fourth-order valence-electron chi connectivity index (χ4n) is 3.18. The summed E-state index contributed by atoms with van der Waals surface area (Å²) in [6.07, 6.45) is 3.71. The Hall–Kier alpha value is -2.32. The third kappa shape index (κ3) is 4.86. The third-order valence-electron chi connectivity index (χ3n) is 4.60. The molecular weight excluding hydrogens is 332 g/mol. The van der Waals surface area contributed by atoms with Gasteiger partial charge in [0.05, 0.1) is 24.5 Å². The molecule has 0 radical (unpaired) electrons. The minimum absolute atomic E-state index is 0.212. The normalized spacial score (nSPS) is 15.9. The van der Waals surface area contributed by atoms with Crippen LogP contribution in [0.5, 0.6) is 0 Å². The van der Waals surface area contributed by atoms with E-state index in [9.17, 15) is 4.79 Å². The van der Waals surface area contributed by atoms with Crippen molar-refractivity contribution < 1.29 is 9.53 Å². The van der Waals surface area contributed by atoms with Gasteiger partial charge in [0.2, 0.25) is 0 Å². The van der Waals surface area contributed by atoms with Crippen molar-refractivity contribution in [2.75, 3.05) is 33.4 Å². The molecule has 0 spiro atoms. The van der Waals surface area contributed by atoms with Gasteiger partial charge in [-0.3, -0.25) is 14.7 Å². The van der Waals surface area contributed by atoms with Crippen LogP contribution < -0.4 is 5.32 Å². The number of pyridine rings is 1. The first-order valence-electron chi connectivity index (χ1n) is 8.99. The summed E-state index contributed by atoms with van der Waals surface area (Å²) < 4.78 is 6.75. The van der Waals surface area contributed by atoms with Crippen molar-refractivity contribution in [2.24, 2.45) is 0 Å². The van der Waals surface area contributed by atoms with E-state index in [-0.39, 0.29) is 11.9 Å². The number of aryl methyl sites for hydroxylation is 1. The van der Waals surface area contributed by atoms with Crippen molar-refractivity contribution in [3.05, 3.63) is 41.5 Å². The van der Waals surface area contributed by atoms with Gasteiger partial charge in [0.25, 0.3) is 5.91 Å². The molecule has 0 atom stereocenters. The number of ether oxygens (including phenoxy) is 1. The number of carbonyl (C=O) groups is 1. The first-order chi connectivity index (χ1) is 12.7. The van der Waals surface area contributed by atoms with Crippen molar-refractivity contribution in [1.29, 1.82) is 0 Å². The van der Waals surface area contributed by atoms with E-state index in [4.69, 9.17) is 4.74 Å². The number of carbonyl (C=O) groups excluding carboxylic acids is 1. The predicted octanol–water partition coefficient (Wildman–Crippen LogP) is 1.19. The van der Waals surface area contributed by atoms with Crippen LogP contribution in [0.25, 0.3) is 0 Å². The number of piperidine rings is 1. The summed E-state index contributed by atoms with van der Waals surface area (Å²) in [7, 11) is 1.60. The molecule has 3 rings (SSSR count). The molecule has 3 heterocycles. The van der Waals surface area contributed by atoms with Crippen LogP contribution in [0.2, 0.25) is 0 Å². The Kier molecular flexibility index (Phi) is 6.30. The maximum absolute atomic E-state index is 12.0. The number of nitrogens with zero attached hydrogens (tertiary/aromatic N) is 5. The highest BCUT2D eigenvalue weighted by Crippen LogP contribution is 2.22. The summed E-state index contributed by atoms with van der Waals surface area (Å²) in [6, 6.07) is 6.43. The van der Waals surface area contributed by atoms with Gasteiger partial charge >= 0.3 is 0 Å². The summed E-state index contributed by atoms with van der Waals surface area (Å²) in [6.45, 7) is 5.80. The molecule has 0 saturated carbocycles. The largest absolute Gasteiger partial charge is 0.383 e. The monoisotopic (exact) mass is 358 g/mol. The Bertz CT molecular complexity index is 724. The standard InChI is InChI=1S/C18H26N6O2/c1-14-4-3-5-15(20-14)12-23-9-6-16(7-10-23)24-13-17(21-22-24)18(25)19-8-11-26-2/h3-5,13,16H,6-12H2,1-2H3,(H,19,25). The number of hydrogen-bond donors (Lipinski definition) is 1. The highest BCUT2D eigenvalue weighted by molar-refractivity contribution is 5.91. The molecule has 8 heteroatoms. The lowest BCUT2D eigenvalue weighted by atomic mass is 10.1. The number of rotatable bonds is 7. The molecule has 2 aromatic heterocycles. The van der Waals surface area contributed by atoms with Gasteiger partial charge in [0.1, 0.15) is 0 Å². The molecule has 1 fully saturated rings. The van der Waals surface area contributed by atoms with Gasteiger partial charge in [0, 0.05) is 39.0 Å².